The van der Waals surface area contributed by atoms with E-state index in [1.807, 2.05) is 6.07 Å². The van der Waals surface area contributed by atoms with E-state index in [2.05, 4.69) is 191 Å². The summed E-state index contributed by atoms with van der Waals surface area (Å²) < 4.78 is 2.32. The van der Waals surface area contributed by atoms with Crippen LogP contribution in [0.5, 0.6) is 0 Å². The number of benzene rings is 6. The van der Waals surface area contributed by atoms with Crippen LogP contribution in [0.4, 0.5) is 39.9 Å². The van der Waals surface area contributed by atoms with Crippen molar-refractivity contribution in [1.29, 1.82) is 0 Å². The normalized spacial score (nSPS) is 13.6. The van der Waals surface area contributed by atoms with Crippen molar-refractivity contribution in [2.24, 2.45) is 0 Å². The maximum Gasteiger partial charge on any atom is 0.123 e. The van der Waals surface area contributed by atoms with Crippen LogP contribution in [-0.2, 0) is 0 Å². The molecule has 0 spiro atoms. The van der Waals surface area contributed by atoms with Crippen molar-refractivity contribution >= 4 is 62.4 Å². The van der Waals surface area contributed by atoms with Crippen LogP contribution in [0, 0.1) is 0 Å². The Morgan fingerprint density at radius 3 is 1.76 bits per heavy atom. The fourth-order valence-electron chi connectivity index (χ4n) is 6.97. The van der Waals surface area contributed by atoms with Gasteiger partial charge in [-0.25, -0.2) is 0 Å². The molecule has 0 radical (unpaired) electrons. The second-order valence-electron chi connectivity index (χ2n) is 12.0. The molecule has 8 rings (SSSR count). The molecule has 224 valence electrons. The number of fused-ring (bicyclic) bond motifs is 2. The Balaban J connectivity index is 1.36. The number of para-hydroxylation sites is 6. The number of nitrogens with zero attached hydrogens (tertiary/aromatic N) is 4. The zero-order valence-corrected chi connectivity index (χ0v) is 26.5. The van der Waals surface area contributed by atoms with Crippen LogP contribution in [0.25, 0.3) is 16.6 Å². The second-order valence-corrected chi connectivity index (χ2v) is 12.4. The molecule has 0 saturated carbocycles. The molecule has 0 bridgehead atoms. The van der Waals surface area contributed by atoms with E-state index >= 15 is 0 Å². The van der Waals surface area contributed by atoms with Crippen LogP contribution in [0.15, 0.2) is 164 Å². The lowest BCUT2D eigenvalue weighted by molar-refractivity contribution is 0.540. The van der Waals surface area contributed by atoms with Gasteiger partial charge in [0.05, 0.1) is 33.3 Å². The molecular weight excluding hydrogens is 584 g/mol. The highest BCUT2D eigenvalue weighted by Crippen LogP contribution is 2.55. The van der Waals surface area contributed by atoms with E-state index in [9.17, 15) is 0 Å². The topological polar surface area (TPSA) is 14.7 Å². The van der Waals surface area contributed by atoms with E-state index < -0.39 is 5.66 Å². The first-order chi connectivity index (χ1) is 22.5. The molecule has 0 aliphatic carbocycles. The van der Waals surface area contributed by atoms with Crippen molar-refractivity contribution in [1.82, 2.24) is 4.57 Å². The summed E-state index contributed by atoms with van der Waals surface area (Å²) in [5.41, 5.74) is 8.01. The molecular formula is C41H33ClN4. The van der Waals surface area contributed by atoms with Crippen LogP contribution >= 0.6 is 11.6 Å². The van der Waals surface area contributed by atoms with E-state index in [-0.39, 0.29) is 0 Å². The van der Waals surface area contributed by atoms with E-state index in [4.69, 9.17) is 11.6 Å². The Hall–Kier alpha value is -5.45. The summed E-state index contributed by atoms with van der Waals surface area (Å²) in [6, 6.07) is 57.3. The van der Waals surface area contributed by atoms with Gasteiger partial charge in [-0.3, -0.25) is 9.47 Å². The first kappa shape index (κ1) is 28.1. The lowest BCUT2D eigenvalue weighted by Crippen LogP contribution is -2.48. The van der Waals surface area contributed by atoms with Gasteiger partial charge in [-0.05, 0) is 86.6 Å². The zero-order chi connectivity index (χ0) is 31.3. The molecule has 0 unspecified atom stereocenters. The summed E-state index contributed by atoms with van der Waals surface area (Å²) in [7, 11) is 0. The Morgan fingerprint density at radius 2 is 1.07 bits per heavy atom. The van der Waals surface area contributed by atoms with Crippen molar-refractivity contribution in [3.05, 3.63) is 169 Å². The smallest absolute Gasteiger partial charge is 0.123 e. The molecule has 0 saturated heterocycles. The molecule has 2 heterocycles. The SMILES string of the molecule is CC1(C)N(c2ccccc2)c2ccccc2N1c1cccc(N(c2ccccc2)c2cc3ccccc3n2-c2ccccc2)c1Cl. The van der Waals surface area contributed by atoms with Gasteiger partial charge in [0.1, 0.15) is 11.5 Å². The minimum atomic E-state index is -0.455. The van der Waals surface area contributed by atoms with E-state index in [1.165, 1.54) is 0 Å². The number of halogens is 1. The predicted molar refractivity (Wildman–Crippen MR) is 194 cm³/mol. The molecule has 0 fully saturated rings. The van der Waals surface area contributed by atoms with Crippen LogP contribution in [-0.4, -0.2) is 10.2 Å². The first-order valence-electron chi connectivity index (χ1n) is 15.6. The molecule has 6 aromatic carbocycles. The molecule has 1 aliphatic rings. The van der Waals surface area contributed by atoms with Crippen molar-refractivity contribution < 1.29 is 0 Å². The molecule has 1 aromatic heterocycles. The molecule has 0 atom stereocenters. The van der Waals surface area contributed by atoms with E-state index in [0.29, 0.717) is 5.02 Å². The van der Waals surface area contributed by atoms with Crippen LogP contribution in [0.2, 0.25) is 5.02 Å². The Labute approximate surface area is 274 Å². The van der Waals surface area contributed by atoms with Crippen LogP contribution in [0.3, 0.4) is 0 Å². The first-order valence-corrected chi connectivity index (χ1v) is 16.0. The van der Waals surface area contributed by atoms with Crippen LogP contribution < -0.4 is 14.7 Å². The van der Waals surface area contributed by atoms with Crippen molar-refractivity contribution in [3.8, 4) is 5.69 Å². The third-order valence-corrected chi connectivity index (χ3v) is 9.25. The average molecular weight is 617 g/mol. The molecule has 0 amide bonds. The molecule has 0 N–H and O–H groups in total. The lowest BCUT2D eigenvalue weighted by atomic mass is 10.1. The minimum absolute atomic E-state index is 0.455. The highest BCUT2D eigenvalue weighted by molar-refractivity contribution is 6.36. The highest BCUT2D eigenvalue weighted by atomic mass is 35.5. The van der Waals surface area contributed by atoms with Gasteiger partial charge in [0, 0.05) is 22.4 Å². The minimum Gasteiger partial charge on any atom is -0.316 e. The highest BCUT2D eigenvalue weighted by Gasteiger charge is 2.45. The van der Waals surface area contributed by atoms with Gasteiger partial charge in [-0.1, -0.05) is 103 Å². The number of aromatic nitrogens is 1. The zero-order valence-electron chi connectivity index (χ0n) is 25.8. The van der Waals surface area contributed by atoms with E-state index in [0.717, 1.165) is 56.5 Å². The van der Waals surface area contributed by atoms with Gasteiger partial charge in [0.15, 0.2) is 0 Å². The Morgan fingerprint density at radius 1 is 0.522 bits per heavy atom. The number of rotatable bonds is 6. The fourth-order valence-corrected chi connectivity index (χ4v) is 7.26. The largest absolute Gasteiger partial charge is 0.316 e. The molecule has 5 heteroatoms. The number of hydrogen-bond acceptors (Lipinski definition) is 3. The maximum atomic E-state index is 7.66. The summed E-state index contributed by atoms with van der Waals surface area (Å²) in [5.74, 6) is 1.00. The number of anilines is 7. The summed E-state index contributed by atoms with van der Waals surface area (Å²) in [6.45, 7) is 4.51. The molecule has 7 aromatic rings. The fraction of sp³-hybridized carbons (Fsp3) is 0.0732. The quantitative estimate of drug-likeness (QED) is 0.185. The van der Waals surface area contributed by atoms with Crippen molar-refractivity contribution in [3.63, 3.8) is 0 Å². The monoisotopic (exact) mass is 616 g/mol. The van der Waals surface area contributed by atoms with E-state index in [1.54, 1.807) is 0 Å². The molecule has 4 nitrogen and oxygen atoms in total. The number of hydrogen-bond donors (Lipinski definition) is 0. The third kappa shape index (κ3) is 4.45. The van der Waals surface area contributed by atoms with Gasteiger partial charge in [-0.2, -0.15) is 0 Å². The predicted octanol–water partition coefficient (Wildman–Crippen LogP) is 11.8. The average Bonchev–Trinajstić information content (AvgIpc) is 3.58. The van der Waals surface area contributed by atoms with Gasteiger partial charge in [-0.15, -0.1) is 0 Å². The van der Waals surface area contributed by atoms with Crippen molar-refractivity contribution in [2.45, 2.75) is 19.5 Å². The second kappa shape index (κ2) is 11.2. The van der Waals surface area contributed by atoms with Crippen molar-refractivity contribution in [2.75, 3.05) is 14.7 Å². The summed E-state index contributed by atoms with van der Waals surface area (Å²) >= 11 is 7.66. The van der Waals surface area contributed by atoms with Gasteiger partial charge in [0.2, 0.25) is 0 Å². The lowest BCUT2D eigenvalue weighted by Gasteiger charge is -2.41. The summed E-state index contributed by atoms with van der Waals surface area (Å²) in [5, 5.41) is 1.83. The van der Waals surface area contributed by atoms with Gasteiger partial charge in [0.25, 0.3) is 0 Å². The third-order valence-electron chi connectivity index (χ3n) is 8.86. The van der Waals surface area contributed by atoms with Gasteiger partial charge >= 0.3 is 0 Å². The summed E-state index contributed by atoms with van der Waals surface area (Å²) in [4.78, 5) is 7.05. The molecule has 1 aliphatic heterocycles. The molecule has 46 heavy (non-hydrogen) atoms. The van der Waals surface area contributed by atoms with Crippen LogP contribution in [0.1, 0.15) is 13.8 Å². The van der Waals surface area contributed by atoms with Gasteiger partial charge < -0.3 is 9.80 Å². The maximum absolute atomic E-state index is 7.66. The summed E-state index contributed by atoms with van der Waals surface area (Å²) in [6.07, 6.45) is 0. The Kier molecular flexibility index (Phi) is 6.81. The Bertz CT molecular complexity index is 2160. The standard InChI is InChI=1S/C41H33ClN4/c1-41(2)45(33-22-10-5-11-23-33)35-25-14-15-26-36(35)46(41)38-28-16-27-37(40(38)42)44(32-20-8-4-9-21-32)39-29-30-17-12-13-24-34(30)43(39)31-18-6-3-7-19-31/h3-29H,1-2H3.